The molecule has 1 rings (SSSR count). The summed E-state index contributed by atoms with van der Waals surface area (Å²) in [7, 11) is 1.87. The lowest BCUT2D eigenvalue weighted by Crippen LogP contribution is -2.23. The molecule has 0 saturated heterocycles. The number of aromatic nitrogens is 1. The molecule has 0 aliphatic rings. The van der Waals surface area contributed by atoms with E-state index in [1.807, 2.05) is 20.0 Å². The van der Waals surface area contributed by atoms with E-state index in [0.29, 0.717) is 0 Å². The maximum absolute atomic E-state index is 11.3. The molecule has 1 aromatic rings. The van der Waals surface area contributed by atoms with Crippen LogP contribution in [0.4, 0.5) is 0 Å². The molecule has 1 heterocycles. The summed E-state index contributed by atoms with van der Waals surface area (Å²) in [5.41, 5.74) is 1.11. The minimum atomic E-state index is 0.0743. The summed E-state index contributed by atoms with van der Waals surface area (Å²) in [4.78, 5) is 11.3. The maximum atomic E-state index is 11.3. The van der Waals surface area contributed by atoms with Crippen LogP contribution in [0, 0.1) is 0 Å². The molecule has 1 aromatic heterocycles. The van der Waals surface area contributed by atoms with Crippen molar-refractivity contribution in [1.82, 2.24) is 9.88 Å². The molecular formula is C9H14N2O. The van der Waals surface area contributed by atoms with Crippen molar-refractivity contribution in [2.75, 3.05) is 7.05 Å². The zero-order valence-electron chi connectivity index (χ0n) is 7.50. The molecule has 0 amide bonds. The van der Waals surface area contributed by atoms with Crippen LogP contribution < -0.4 is 10.9 Å². The predicted octanol–water partition coefficient (Wildman–Crippen LogP) is 0.588. The predicted molar refractivity (Wildman–Crippen MR) is 49.1 cm³/mol. The second kappa shape index (κ2) is 4.07. The molecule has 0 aromatic carbocycles. The van der Waals surface area contributed by atoms with Crippen LogP contribution in [-0.2, 0) is 13.1 Å². The van der Waals surface area contributed by atoms with Gasteiger partial charge in [0.25, 0.3) is 5.56 Å². The van der Waals surface area contributed by atoms with E-state index in [0.717, 1.165) is 18.8 Å². The molecule has 0 radical (unpaired) electrons. The van der Waals surface area contributed by atoms with Gasteiger partial charge in [0.15, 0.2) is 0 Å². The lowest BCUT2D eigenvalue weighted by Gasteiger charge is -2.08. The summed E-state index contributed by atoms with van der Waals surface area (Å²) in [6, 6.07) is 5.34. The van der Waals surface area contributed by atoms with Crippen molar-refractivity contribution in [1.29, 1.82) is 0 Å². The average Bonchev–Trinajstić information content (AvgIpc) is 2.05. The third kappa shape index (κ3) is 1.74. The van der Waals surface area contributed by atoms with E-state index in [9.17, 15) is 4.79 Å². The molecule has 3 nitrogen and oxygen atoms in total. The van der Waals surface area contributed by atoms with Crippen molar-refractivity contribution in [3.63, 3.8) is 0 Å². The van der Waals surface area contributed by atoms with Crippen molar-refractivity contribution in [3.8, 4) is 0 Å². The quantitative estimate of drug-likeness (QED) is 0.713. The van der Waals surface area contributed by atoms with Gasteiger partial charge >= 0.3 is 0 Å². The molecule has 0 atom stereocenters. The fraction of sp³-hybridized carbons (Fsp3) is 0.444. The first-order valence-electron chi connectivity index (χ1n) is 4.13. The Morgan fingerprint density at radius 3 is 2.83 bits per heavy atom. The first-order chi connectivity index (χ1) is 5.79. The van der Waals surface area contributed by atoms with Gasteiger partial charge in [0.2, 0.25) is 0 Å². The number of rotatable bonds is 3. The van der Waals surface area contributed by atoms with Crippen molar-refractivity contribution in [2.24, 2.45) is 0 Å². The van der Waals surface area contributed by atoms with Crippen LogP contribution in [-0.4, -0.2) is 11.6 Å². The van der Waals surface area contributed by atoms with Crippen molar-refractivity contribution < 1.29 is 0 Å². The molecule has 0 bridgehead atoms. The molecule has 66 valence electrons. The number of hydrogen-bond acceptors (Lipinski definition) is 2. The molecule has 3 heteroatoms. The fourth-order valence-corrected chi connectivity index (χ4v) is 1.26. The largest absolute Gasteiger partial charge is 0.314 e. The van der Waals surface area contributed by atoms with Crippen molar-refractivity contribution >= 4 is 0 Å². The van der Waals surface area contributed by atoms with Gasteiger partial charge in [0.05, 0.1) is 0 Å². The Hall–Kier alpha value is -1.09. The van der Waals surface area contributed by atoms with E-state index < -0.39 is 0 Å². The molecule has 0 fully saturated rings. The van der Waals surface area contributed by atoms with Gasteiger partial charge in [-0.2, -0.15) is 0 Å². The van der Waals surface area contributed by atoms with Gasteiger partial charge in [-0.1, -0.05) is 6.07 Å². The van der Waals surface area contributed by atoms with Gasteiger partial charge in [-0.25, -0.2) is 0 Å². The smallest absolute Gasteiger partial charge is 0.250 e. The topological polar surface area (TPSA) is 34.0 Å². The Kier molecular flexibility index (Phi) is 3.05. The summed E-state index contributed by atoms with van der Waals surface area (Å²) < 4.78 is 1.76. The van der Waals surface area contributed by atoms with Crippen LogP contribution >= 0.6 is 0 Å². The van der Waals surface area contributed by atoms with Crippen molar-refractivity contribution in [3.05, 3.63) is 34.2 Å². The monoisotopic (exact) mass is 166 g/mol. The van der Waals surface area contributed by atoms with Crippen LogP contribution in [0.3, 0.4) is 0 Å². The molecule has 1 N–H and O–H groups in total. The summed E-state index contributed by atoms with van der Waals surface area (Å²) in [6.45, 7) is 3.45. The zero-order chi connectivity index (χ0) is 8.97. The van der Waals surface area contributed by atoms with Crippen molar-refractivity contribution in [2.45, 2.75) is 20.0 Å². The normalized spacial score (nSPS) is 10.2. The van der Waals surface area contributed by atoms with Crippen LogP contribution in [0.1, 0.15) is 12.6 Å². The van der Waals surface area contributed by atoms with Crippen LogP contribution in [0.15, 0.2) is 23.0 Å². The highest BCUT2D eigenvalue weighted by Gasteiger charge is 1.98. The number of nitrogens with one attached hydrogen (secondary N) is 1. The standard InChI is InChI=1S/C9H14N2O/c1-3-11-8(7-10-2)5-4-6-9(11)12/h4-6,10H,3,7H2,1-2H3. The molecular weight excluding hydrogens is 152 g/mol. The summed E-state index contributed by atoms with van der Waals surface area (Å²) >= 11 is 0. The number of hydrogen-bond donors (Lipinski definition) is 1. The van der Waals surface area contributed by atoms with E-state index in [1.165, 1.54) is 0 Å². The maximum Gasteiger partial charge on any atom is 0.250 e. The third-order valence-corrected chi connectivity index (χ3v) is 1.81. The molecule has 0 aliphatic heterocycles. The van der Waals surface area contributed by atoms with Gasteiger partial charge in [0.1, 0.15) is 0 Å². The van der Waals surface area contributed by atoms with E-state index in [-0.39, 0.29) is 5.56 Å². The van der Waals surface area contributed by atoms with Gasteiger partial charge < -0.3 is 9.88 Å². The number of pyridine rings is 1. The van der Waals surface area contributed by atoms with E-state index in [1.54, 1.807) is 16.7 Å². The second-order valence-corrected chi connectivity index (χ2v) is 2.63. The highest BCUT2D eigenvalue weighted by atomic mass is 16.1. The third-order valence-electron chi connectivity index (χ3n) is 1.81. The minimum absolute atomic E-state index is 0.0743. The van der Waals surface area contributed by atoms with Crippen LogP contribution in [0.25, 0.3) is 0 Å². The SMILES string of the molecule is CCn1c(CNC)cccc1=O. The van der Waals surface area contributed by atoms with E-state index in [4.69, 9.17) is 0 Å². The molecule has 12 heavy (non-hydrogen) atoms. The lowest BCUT2D eigenvalue weighted by molar-refractivity contribution is 0.644. The van der Waals surface area contributed by atoms with Gasteiger partial charge in [-0.05, 0) is 20.0 Å². The Morgan fingerprint density at radius 2 is 2.25 bits per heavy atom. The second-order valence-electron chi connectivity index (χ2n) is 2.63. The lowest BCUT2D eigenvalue weighted by atomic mass is 10.3. The van der Waals surface area contributed by atoms with Crippen LogP contribution in [0.2, 0.25) is 0 Å². The first kappa shape index (κ1) is 9.00. The highest BCUT2D eigenvalue weighted by molar-refractivity contribution is 5.06. The Labute approximate surface area is 72.0 Å². The summed E-state index contributed by atoms with van der Waals surface area (Å²) in [5, 5.41) is 3.03. The van der Waals surface area contributed by atoms with Gasteiger partial charge in [-0.15, -0.1) is 0 Å². The number of nitrogens with zero attached hydrogens (tertiary/aromatic N) is 1. The first-order valence-corrected chi connectivity index (χ1v) is 4.13. The van der Waals surface area contributed by atoms with E-state index >= 15 is 0 Å². The minimum Gasteiger partial charge on any atom is -0.314 e. The molecule has 0 saturated carbocycles. The van der Waals surface area contributed by atoms with Gasteiger partial charge in [0, 0.05) is 24.8 Å². The highest BCUT2D eigenvalue weighted by Crippen LogP contribution is 1.94. The Balaban J connectivity index is 3.09. The van der Waals surface area contributed by atoms with Gasteiger partial charge in [-0.3, -0.25) is 4.79 Å². The van der Waals surface area contributed by atoms with Crippen LogP contribution in [0.5, 0.6) is 0 Å². The Bertz CT molecular complexity index is 304. The zero-order valence-corrected chi connectivity index (χ0v) is 7.50. The molecule has 0 unspecified atom stereocenters. The average molecular weight is 166 g/mol. The van der Waals surface area contributed by atoms with E-state index in [2.05, 4.69) is 5.32 Å². The fourth-order valence-electron chi connectivity index (χ4n) is 1.26. The summed E-state index contributed by atoms with van der Waals surface area (Å²) in [6.07, 6.45) is 0. The Morgan fingerprint density at radius 1 is 1.50 bits per heavy atom. The molecule has 0 aliphatic carbocycles. The summed E-state index contributed by atoms with van der Waals surface area (Å²) in [5.74, 6) is 0. The molecule has 0 spiro atoms.